The molecule has 0 aromatic rings. The SMILES string of the molecule is CSC(F)(F)CCC(C)C. The molecule has 0 N–H and O–H groups in total. The van der Waals surface area contributed by atoms with Crippen LogP contribution in [0.25, 0.3) is 0 Å². The number of hydrogen-bond donors (Lipinski definition) is 0. The molecule has 0 unspecified atom stereocenters. The van der Waals surface area contributed by atoms with E-state index in [1.54, 1.807) is 0 Å². The minimum Gasteiger partial charge on any atom is -0.194 e. The van der Waals surface area contributed by atoms with Crippen molar-refractivity contribution in [2.24, 2.45) is 5.92 Å². The Bertz CT molecular complexity index is 91.6. The highest BCUT2D eigenvalue weighted by molar-refractivity contribution is 7.99. The Kier molecular flexibility index (Phi) is 4.25. The molecule has 10 heavy (non-hydrogen) atoms. The van der Waals surface area contributed by atoms with Gasteiger partial charge in [-0.05, 0) is 18.6 Å². The molecule has 0 nitrogen and oxygen atoms in total. The third kappa shape index (κ3) is 5.03. The van der Waals surface area contributed by atoms with E-state index in [9.17, 15) is 8.78 Å². The first kappa shape index (κ1) is 10.2. The molecule has 0 aromatic carbocycles. The molecule has 0 aliphatic heterocycles. The lowest BCUT2D eigenvalue weighted by molar-refractivity contribution is 0.0892. The molecule has 0 atom stereocenters. The molecule has 0 saturated heterocycles. The maximum atomic E-state index is 12.5. The zero-order chi connectivity index (χ0) is 8.20. The average molecular weight is 168 g/mol. The van der Waals surface area contributed by atoms with E-state index < -0.39 is 5.25 Å². The maximum absolute atomic E-state index is 12.5. The quantitative estimate of drug-likeness (QED) is 0.620. The predicted octanol–water partition coefficient (Wildman–Crippen LogP) is 3.38. The van der Waals surface area contributed by atoms with Crippen LogP contribution in [0.4, 0.5) is 8.78 Å². The first-order valence-electron chi connectivity index (χ1n) is 3.41. The van der Waals surface area contributed by atoms with E-state index in [4.69, 9.17) is 0 Å². The molecular weight excluding hydrogens is 154 g/mol. The summed E-state index contributed by atoms with van der Waals surface area (Å²) in [6, 6.07) is 0. The number of hydrogen-bond acceptors (Lipinski definition) is 1. The van der Waals surface area contributed by atoms with Crippen molar-refractivity contribution in [1.29, 1.82) is 0 Å². The van der Waals surface area contributed by atoms with Crippen LogP contribution in [-0.4, -0.2) is 11.5 Å². The highest BCUT2D eigenvalue weighted by Crippen LogP contribution is 2.32. The zero-order valence-corrected chi connectivity index (χ0v) is 7.47. The number of rotatable bonds is 4. The Balaban J connectivity index is 3.46. The average Bonchev–Trinajstić information content (AvgIpc) is 1.85. The normalized spacial score (nSPS) is 12.6. The highest BCUT2D eigenvalue weighted by atomic mass is 32.2. The maximum Gasteiger partial charge on any atom is 0.293 e. The molecule has 0 heterocycles. The van der Waals surface area contributed by atoms with Crippen molar-refractivity contribution in [2.45, 2.75) is 31.9 Å². The molecule has 0 amide bonds. The van der Waals surface area contributed by atoms with Crippen LogP contribution in [0.15, 0.2) is 0 Å². The van der Waals surface area contributed by atoms with Crippen molar-refractivity contribution in [2.75, 3.05) is 6.26 Å². The van der Waals surface area contributed by atoms with Gasteiger partial charge in [-0.2, -0.15) is 8.78 Å². The molecule has 0 aromatic heterocycles. The molecule has 0 bridgehead atoms. The van der Waals surface area contributed by atoms with Crippen molar-refractivity contribution < 1.29 is 8.78 Å². The molecule has 0 aliphatic rings. The van der Waals surface area contributed by atoms with Gasteiger partial charge in [-0.1, -0.05) is 25.6 Å². The summed E-state index contributed by atoms with van der Waals surface area (Å²) >= 11 is 0.636. The summed E-state index contributed by atoms with van der Waals surface area (Å²) < 4.78 is 25.0. The van der Waals surface area contributed by atoms with Gasteiger partial charge in [0.05, 0.1) is 0 Å². The van der Waals surface area contributed by atoms with Gasteiger partial charge in [0.25, 0.3) is 5.25 Å². The molecule has 0 radical (unpaired) electrons. The Morgan fingerprint density at radius 2 is 1.90 bits per heavy atom. The van der Waals surface area contributed by atoms with Crippen LogP contribution in [-0.2, 0) is 0 Å². The van der Waals surface area contributed by atoms with Gasteiger partial charge in [-0.15, -0.1) is 0 Å². The Morgan fingerprint density at radius 3 is 2.20 bits per heavy atom. The zero-order valence-electron chi connectivity index (χ0n) is 6.66. The molecular formula is C7H14F2S. The fourth-order valence-corrected chi connectivity index (χ4v) is 0.881. The van der Waals surface area contributed by atoms with Crippen molar-refractivity contribution in [3.63, 3.8) is 0 Å². The second-order valence-corrected chi connectivity index (χ2v) is 3.78. The molecule has 0 rings (SSSR count). The summed E-state index contributed by atoms with van der Waals surface area (Å²) in [5.74, 6) is 0.373. The van der Waals surface area contributed by atoms with Crippen LogP contribution in [0.3, 0.4) is 0 Å². The summed E-state index contributed by atoms with van der Waals surface area (Å²) in [6.45, 7) is 3.91. The summed E-state index contributed by atoms with van der Waals surface area (Å²) in [5, 5.41) is -2.51. The molecule has 0 saturated carbocycles. The minimum atomic E-state index is -2.51. The number of thioether (sulfide) groups is 1. The van der Waals surface area contributed by atoms with Gasteiger partial charge in [0.15, 0.2) is 0 Å². The van der Waals surface area contributed by atoms with Crippen LogP contribution in [0.2, 0.25) is 0 Å². The third-order valence-electron chi connectivity index (χ3n) is 1.31. The topological polar surface area (TPSA) is 0 Å². The highest BCUT2D eigenvalue weighted by Gasteiger charge is 2.26. The first-order chi connectivity index (χ1) is 4.48. The predicted molar refractivity (Wildman–Crippen MR) is 42.5 cm³/mol. The number of alkyl halides is 2. The Morgan fingerprint density at radius 1 is 1.40 bits per heavy atom. The minimum absolute atomic E-state index is 0.00579. The van der Waals surface area contributed by atoms with Crippen molar-refractivity contribution in [3.05, 3.63) is 0 Å². The first-order valence-corrected chi connectivity index (χ1v) is 4.63. The summed E-state index contributed by atoms with van der Waals surface area (Å²) in [4.78, 5) is 0. The number of halogens is 2. The standard InChI is InChI=1S/C7H14F2S/c1-6(2)4-5-7(8,9)10-3/h6H,4-5H2,1-3H3. The lowest BCUT2D eigenvalue weighted by Crippen LogP contribution is -2.10. The van der Waals surface area contributed by atoms with E-state index in [-0.39, 0.29) is 6.42 Å². The van der Waals surface area contributed by atoms with E-state index >= 15 is 0 Å². The van der Waals surface area contributed by atoms with E-state index in [0.29, 0.717) is 24.1 Å². The van der Waals surface area contributed by atoms with E-state index in [1.165, 1.54) is 6.26 Å². The van der Waals surface area contributed by atoms with Gasteiger partial charge in [-0.3, -0.25) is 0 Å². The second-order valence-electron chi connectivity index (χ2n) is 2.77. The molecule has 0 aliphatic carbocycles. The molecule has 0 spiro atoms. The summed E-state index contributed by atoms with van der Waals surface area (Å²) in [7, 11) is 0. The van der Waals surface area contributed by atoms with Gasteiger partial charge in [0.2, 0.25) is 0 Å². The van der Waals surface area contributed by atoms with Gasteiger partial charge in [0.1, 0.15) is 0 Å². The Hall–Kier alpha value is 0.210. The summed E-state index contributed by atoms with van der Waals surface area (Å²) in [6.07, 6.45) is 2.06. The second kappa shape index (κ2) is 4.16. The van der Waals surface area contributed by atoms with Crippen molar-refractivity contribution in [1.82, 2.24) is 0 Å². The monoisotopic (exact) mass is 168 g/mol. The van der Waals surface area contributed by atoms with E-state index in [2.05, 4.69) is 0 Å². The smallest absolute Gasteiger partial charge is 0.194 e. The van der Waals surface area contributed by atoms with Crippen LogP contribution in [0, 0.1) is 5.92 Å². The fourth-order valence-electron chi connectivity index (χ4n) is 0.559. The molecule has 3 heteroatoms. The van der Waals surface area contributed by atoms with Crippen LogP contribution < -0.4 is 0 Å². The van der Waals surface area contributed by atoms with Gasteiger partial charge >= 0.3 is 0 Å². The lowest BCUT2D eigenvalue weighted by atomic mass is 10.1. The van der Waals surface area contributed by atoms with Crippen LogP contribution in [0.1, 0.15) is 26.7 Å². The summed E-state index contributed by atoms with van der Waals surface area (Å²) in [5.41, 5.74) is 0. The van der Waals surface area contributed by atoms with Gasteiger partial charge in [-0.25, -0.2) is 0 Å². The molecule has 62 valence electrons. The third-order valence-corrected chi connectivity index (χ3v) is 2.11. The lowest BCUT2D eigenvalue weighted by Gasteiger charge is -2.13. The molecule has 0 fully saturated rings. The van der Waals surface area contributed by atoms with Crippen molar-refractivity contribution in [3.8, 4) is 0 Å². The van der Waals surface area contributed by atoms with Crippen LogP contribution >= 0.6 is 11.8 Å². The van der Waals surface area contributed by atoms with E-state index in [0.717, 1.165) is 0 Å². The van der Waals surface area contributed by atoms with Gasteiger partial charge in [0, 0.05) is 6.42 Å². The van der Waals surface area contributed by atoms with E-state index in [1.807, 2.05) is 13.8 Å². The van der Waals surface area contributed by atoms with Crippen LogP contribution in [0.5, 0.6) is 0 Å². The largest absolute Gasteiger partial charge is 0.293 e. The Labute approximate surface area is 65.4 Å². The fraction of sp³-hybridized carbons (Fsp3) is 1.00. The van der Waals surface area contributed by atoms with Crippen molar-refractivity contribution >= 4 is 11.8 Å². The van der Waals surface area contributed by atoms with Gasteiger partial charge < -0.3 is 0 Å².